The minimum Gasteiger partial charge on any atom is -0.480 e. The lowest BCUT2D eigenvalue weighted by atomic mass is 10.1. The summed E-state index contributed by atoms with van der Waals surface area (Å²) in [6, 6.07) is 6.77. The van der Waals surface area contributed by atoms with Crippen LogP contribution in [0, 0.1) is 0 Å². The quantitative estimate of drug-likeness (QED) is 0.603. The van der Waals surface area contributed by atoms with Crippen LogP contribution in [0.4, 0.5) is 0 Å². The van der Waals surface area contributed by atoms with E-state index in [1.165, 1.54) is 4.90 Å². The van der Waals surface area contributed by atoms with Gasteiger partial charge < -0.3 is 9.67 Å². The molecule has 1 aliphatic rings. The third-order valence-electron chi connectivity index (χ3n) is 4.33. The third-order valence-corrected chi connectivity index (χ3v) is 5.66. The number of rotatable bonds is 6. The zero-order chi connectivity index (χ0) is 18.8. The van der Waals surface area contributed by atoms with Gasteiger partial charge in [0.1, 0.15) is 16.2 Å². The summed E-state index contributed by atoms with van der Waals surface area (Å²) in [6.45, 7) is 1.98. The van der Waals surface area contributed by atoms with Gasteiger partial charge in [-0.3, -0.25) is 9.69 Å². The summed E-state index contributed by atoms with van der Waals surface area (Å²) in [4.78, 5) is 30.6. The number of para-hydroxylation sites is 2. The number of aliphatic carboxylic acids is 1. The number of carbonyl (C=O) groups is 2. The number of hydrogen-bond donors (Lipinski definition) is 1. The van der Waals surface area contributed by atoms with Crippen LogP contribution in [0.15, 0.2) is 29.2 Å². The van der Waals surface area contributed by atoms with Gasteiger partial charge in [0.25, 0.3) is 5.91 Å². The molecular formula is C18H19N3O3S2. The van der Waals surface area contributed by atoms with Gasteiger partial charge in [-0.1, -0.05) is 55.9 Å². The van der Waals surface area contributed by atoms with Crippen LogP contribution in [0.2, 0.25) is 0 Å². The Kier molecular flexibility index (Phi) is 5.43. The van der Waals surface area contributed by atoms with Crippen LogP contribution >= 0.6 is 24.0 Å². The lowest BCUT2D eigenvalue weighted by Crippen LogP contribution is -2.43. The molecule has 0 spiro atoms. The summed E-state index contributed by atoms with van der Waals surface area (Å²) in [5, 5.41) is 9.51. The number of hydrogen-bond acceptors (Lipinski definition) is 5. The molecule has 0 radical (unpaired) electrons. The molecular weight excluding hydrogens is 370 g/mol. The van der Waals surface area contributed by atoms with Crippen molar-refractivity contribution in [1.82, 2.24) is 14.5 Å². The molecule has 1 aromatic carbocycles. The lowest BCUT2D eigenvalue weighted by molar-refractivity contribution is -0.145. The predicted octanol–water partition coefficient (Wildman–Crippen LogP) is 3.42. The van der Waals surface area contributed by atoms with Crippen molar-refractivity contribution in [2.45, 2.75) is 32.2 Å². The minimum atomic E-state index is -1.03. The number of thiocarbonyl (C=S) groups is 1. The maximum Gasteiger partial charge on any atom is 0.326 e. The Labute approximate surface area is 160 Å². The van der Waals surface area contributed by atoms with Gasteiger partial charge in [0.15, 0.2) is 0 Å². The van der Waals surface area contributed by atoms with Crippen LogP contribution in [0.3, 0.4) is 0 Å². The van der Waals surface area contributed by atoms with E-state index < -0.39 is 12.0 Å². The molecule has 3 rings (SSSR count). The van der Waals surface area contributed by atoms with E-state index in [0.717, 1.165) is 35.6 Å². The standard InChI is InChI=1S/C18H19N3O3S2/c1-3-4-8-13(17(23)24)21-16(22)14(26-18(21)25)10-15-19-11-7-5-6-9-12(11)20(15)2/h5-7,9-10,13H,3-4,8H2,1-2H3,(H,23,24)/b14-10+/t13-/m0/s1. The fraction of sp³-hybridized carbons (Fsp3) is 0.333. The van der Waals surface area contributed by atoms with Gasteiger partial charge in [-0.2, -0.15) is 0 Å². The Balaban J connectivity index is 1.93. The van der Waals surface area contributed by atoms with Crippen LogP contribution in [-0.4, -0.2) is 41.8 Å². The van der Waals surface area contributed by atoms with Crippen molar-refractivity contribution in [2.75, 3.05) is 0 Å². The zero-order valence-electron chi connectivity index (χ0n) is 14.5. The number of thioether (sulfide) groups is 1. The van der Waals surface area contributed by atoms with E-state index in [1.54, 1.807) is 6.08 Å². The molecule has 1 aromatic heterocycles. The molecule has 1 fully saturated rings. The first-order chi connectivity index (χ1) is 12.4. The average molecular weight is 390 g/mol. The molecule has 8 heteroatoms. The number of carboxylic acid groups (broad SMARTS) is 1. The second-order valence-corrected chi connectivity index (χ2v) is 7.74. The SMILES string of the molecule is CCCC[C@@H](C(=O)O)N1C(=O)/C(=C\c2nc3ccccc3n2C)SC1=S. The molecule has 0 aliphatic carbocycles. The van der Waals surface area contributed by atoms with Crippen LogP contribution in [0.5, 0.6) is 0 Å². The van der Waals surface area contributed by atoms with E-state index in [4.69, 9.17) is 12.2 Å². The molecule has 0 bridgehead atoms. The molecule has 1 N–H and O–H groups in total. The van der Waals surface area contributed by atoms with Gasteiger partial charge in [0, 0.05) is 13.1 Å². The summed E-state index contributed by atoms with van der Waals surface area (Å²) in [7, 11) is 1.88. The molecule has 1 atom stereocenters. The van der Waals surface area contributed by atoms with Crippen LogP contribution in [-0.2, 0) is 16.6 Å². The van der Waals surface area contributed by atoms with Gasteiger partial charge in [-0.15, -0.1) is 0 Å². The highest BCUT2D eigenvalue weighted by atomic mass is 32.2. The topological polar surface area (TPSA) is 75.4 Å². The summed E-state index contributed by atoms with van der Waals surface area (Å²) >= 11 is 6.42. The summed E-state index contributed by atoms with van der Waals surface area (Å²) in [5.74, 6) is -0.763. The molecule has 1 amide bonds. The van der Waals surface area contributed by atoms with E-state index in [9.17, 15) is 14.7 Å². The molecule has 1 saturated heterocycles. The van der Waals surface area contributed by atoms with E-state index in [2.05, 4.69) is 4.98 Å². The largest absolute Gasteiger partial charge is 0.480 e. The first kappa shape index (κ1) is 18.6. The molecule has 26 heavy (non-hydrogen) atoms. The van der Waals surface area contributed by atoms with E-state index in [-0.39, 0.29) is 10.2 Å². The Hall–Kier alpha value is -2.19. The second kappa shape index (κ2) is 7.59. The molecule has 6 nitrogen and oxygen atoms in total. The highest BCUT2D eigenvalue weighted by molar-refractivity contribution is 8.26. The first-order valence-electron chi connectivity index (χ1n) is 8.35. The fourth-order valence-corrected chi connectivity index (χ4v) is 4.25. The highest BCUT2D eigenvalue weighted by Crippen LogP contribution is 2.35. The maximum atomic E-state index is 12.8. The summed E-state index contributed by atoms with van der Waals surface area (Å²) in [5.41, 5.74) is 1.80. The molecule has 2 aromatic rings. The number of amides is 1. The Morgan fingerprint density at radius 3 is 2.81 bits per heavy atom. The van der Waals surface area contributed by atoms with Crippen molar-refractivity contribution in [3.8, 4) is 0 Å². The number of benzene rings is 1. The Morgan fingerprint density at radius 1 is 1.42 bits per heavy atom. The number of carbonyl (C=O) groups excluding carboxylic acids is 1. The van der Waals surface area contributed by atoms with Gasteiger partial charge in [-0.25, -0.2) is 9.78 Å². The van der Waals surface area contributed by atoms with Crippen molar-refractivity contribution >= 4 is 57.3 Å². The van der Waals surface area contributed by atoms with Crippen molar-refractivity contribution < 1.29 is 14.7 Å². The lowest BCUT2D eigenvalue weighted by Gasteiger charge is -2.22. The molecule has 136 valence electrons. The van der Waals surface area contributed by atoms with E-state index >= 15 is 0 Å². The predicted molar refractivity (Wildman–Crippen MR) is 107 cm³/mol. The molecule has 1 aliphatic heterocycles. The normalized spacial score (nSPS) is 17.5. The Bertz CT molecular complexity index is 920. The van der Waals surface area contributed by atoms with Gasteiger partial charge in [0.05, 0.1) is 15.9 Å². The van der Waals surface area contributed by atoms with Crippen molar-refractivity contribution in [2.24, 2.45) is 7.05 Å². The number of nitrogens with zero attached hydrogens (tertiary/aromatic N) is 3. The smallest absolute Gasteiger partial charge is 0.326 e. The first-order valence-corrected chi connectivity index (χ1v) is 9.57. The van der Waals surface area contributed by atoms with Gasteiger partial charge in [0.2, 0.25) is 0 Å². The van der Waals surface area contributed by atoms with Crippen molar-refractivity contribution in [3.63, 3.8) is 0 Å². The third kappa shape index (κ3) is 3.39. The number of aryl methyl sites for hydroxylation is 1. The van der Waals surface area contributed by atoms with Crippen LogP contribution < -0.4 is 0 Å². The Morgan fingerprint density at radius 2 is 2.15 bits per heavy atom. The van der Waals surface area contributed by atoms with Gasteiger partial charge in [-0.05, 0) is 18.6 Å². The number of fused-ring (bicyclic) bond motifs is 1. The van der Waals surface area contributed by atoms with E-state index in [1.807, 2.05) is 42.8 Å². The number of imidazole rings is 1. The fourth-order valence-electron chi connectivity index (χ4n) is 2.92. The van der Waals surface area contributed by atoms with Gasteiger partial charge >= 0.3 is 5.97 Å². The maximum absolute atomic E-state index is 12.8. The summed E-state index contributed by atoms with van der Waals surface area (Å²) < 4.78 is 2.18. The molecule has 0 saturated carbocycles. The zero-order valence-corrected chi connectivity index (χ0v) is 16.1. The monoisotopic (exact) mass is 389 g/mol. The number of aromatic nitrogens is 2. The highest BCUT2D eigenvalue weighted by Gasteiger charge is 2.40. The van der Waals surface area contributed by atoms with E-state index in [0.29, 0.717) is 17.2 Å². The number of unbranched alkanes of at least 4 members (excludes halogenated alkanes) is 1. The second-order valence-electron chi connectivity index (χ2n) is 6.07. The van der Waals surface area contributed by atoms with Crippen LogP contribution in [0.25, 0.3) is 17.1 Å². The van der Waals surface area contributed by atoms with Crippen molar-refractivity contribution in [3.05, 3.63) is 35.0 Å². The molecule has 0 unspecified atom stereocenters. The van der Waals surface area contributed by atoms with Crippen molar-refractivity contribution in [1.29, 1.82) is 0 Å². The average Bonchev–Trinajstić information content (AvgIpc) is 3.07. The minimum absolute atomic E-state index is 0.281. The van der Waals surface area contributed by atoms with Crippen LogP contribution in [0.1, 0.15) is 32.0 Å². The molecule has 2 heterocycles. The number of carboxylic acids is 1. The summed E-state index contributed by atoms with van der Waals surface area (Å²) in [6.07, 6.45) is 3.64.